The summed E-state index contributed by atoms with van der Waals surface area (Å²) in [5.41, 5.74) is 0.0503. The second-order valence-corrected chi connectivity index (χ2v) is 8.33. The fourth-order valence-corrected chi connectivity index (χ4v) is 4.41. The Bertz CT molecular complexity index is 846. The van der Waals surface area contributed by atoms with Gasteiger partial charge >= 0.3 is 5.97 Å². The Morgan fingerprint density at radius 1 is 1.39 bits per heavy atom. The summed E-state index contributed by atoms with van der Waals surface area (Å²) in [7, 11) is 0. The molecule has 5 nitrogen and oxygen atoms in total. The van der Waals surface area contributed by atoms with Gasteiger partial charge in [-0.3, -0.25) is 14.2 Å². The number of aryl methyl sites for hydroxylation is 2. The van der Waals surface area contributed by atoms with Crippen LogP contribution in [-0.4, -0.2) is 20.6 Å². The van der Waals surface area contributed by atoms with E-state index in [4.69, 9.17) is 4.98 Å². The molecule has 0 fully saturated rings. The smallest absolute Gasteiger partial charge is 0.310 e. The number of fused-ring (bicyclic) bond motifs is 3. The molecule has 0 saturated heterocycles. The number of hydrogen-bond acceptors (Lipinski definition) is 4. The molecule has 1 aliphatic rings. The van der Waals surface area contributed by atoms with Crippen LogP contribution in [0.25, 0.3) is 10.2 Å². The first-order valence-electron chi connectivity index (χ1n) is 8.00. The monoisotopic (exact) mass is 334 g/mol. The van der Waals surface area contributed by atoms with Crippen LogP contribution in [-0.2, 0) is 24.2 Å². The maximum absolute atomic E-state index is 13.1. The van der Waals surface area contributed by atoms with Crippen molar-refractivity contribution in [1.82, 2.24) is 9.55 Å². The molecule has 124 valence electrons. The number of carboxylic acid groups (broad SMARTS) is 1. The van der Waals surface area contributed by atoms with Crippen LogP contribution in [0.3, 0.4) is 0 Å². The predicted octanol–water partition coefficient (Wildman–Crippen LogP) is 3.18. The Morgan fingerprint density at radius 2 is 2.09 bits per heavy atom. The summed E-state index contributed by atoms with van der Waals surface area (Å²) in [6, 6.07) is 0. The van der Waals surface area contributed by atoms with Crippen molar-refractivity contribution in [2.45, 2.75) is 59.4 Å². The van der Waals surface area contributed by atoms with Crippen molar-refractivity contribution < 1.29 is 9.90 Å². The molecule has 3 rings (SSSR count). The fourth-order valence-electron chi connectivity index (χ4n) is 3.15. The van der Waals surface area contributed by atoms with E-state index in [1.54, 1.807) is 29.8 Å². The molecular weight excluding hydrogens is 312 g/mol. The summed E-state index contributed by atoms with van der Waals surface area (Å²) < 4.78 is 1.59. The van der Waals surface area contributed by atoms with Gasteiger partial charge in [0.2, 0.25) is 0 Å². The van der Waals surface area contributed by atoms with E-state index >= 15 is 0 Å². The van der Waals surface area contributed by atoms with Gasteiger partial charge in [-0.25, -0.2) is 4.98 Å². The number of carboxylic acids is 1. The van der Waals surface area contributed by atoms with Crippen molar-refractivity contribution in [3.63, 3.8) is 0 Å². The lowest BCUT2D eigenvalue weighted by atomic mass is 9.93. The van der Waals surface area contributed by atoms with Gasteiger partial charge in [-0.1, -0.05) is 13.8 Å². The Balaban J connectivity index is 2.26. The molecule has 2 heterocycles. The van der Waals surface area contributed by atoms with Crippen molar-refractivity contribution in [2.75, 3.05) is 0 Å². The molecule has 2 aromatic heterocycles. The van der Waals surface area contributed by atoms with Crippen LogP contribution in [0, 0.1) is 5.41 Å². The first-order chi connectivity index (χ1) is 10.7. The maximum atomic E-state index is 13.1. The Hall–Kier alpha value is -1.69. The number of hydrogen-bond donors (Lipinski definition) is 1. The third-order valence-corrected chi connectivity index (χ3v) is 5.69. The molecule has 0 radical (unpaired) electrons. The summed E-state index contributed by atoms with van der Waals surface area (Å²) in [6.45, 7) is 7.41. The second-order valence-electron chi connectivity index (χ2n) is 7.24. The number of nitrogens with zero attached hydrogens (tertiary/aromatic N) is 2. The summed E-state index contributed by atoms with van der Waals surface area (Å²) in [5.74, 6) is -0.167. The molecule has 1 N–H and O–H groups in total. The van der Waals surface area contributed by atoms with Crippen molar-refractivity contribution in [3.05, 3.63) is 26.6 Å². The summed E-state index contributed by atoms with van der Waals surface area (Å²) in [5, 5.41) is 10.1. The average molecular weight is 334 g/mol. The van der Waals surface area contributed by atoms with Gasteiger partial charge in [-0.15, -0.1) is 11.3 Å². The second kappa shape index (κ2) is 5.44. The van der Waals surface area contributed by atoms with Crippen LogP contribution in [0.1, 0.15) is 56.3 Å². The Kier molecular flexibility index (Phi) is 3.83. The van der Waals surface area contributed by atoms with Gasteiger partial charge in [0.05, 0.1) is 10.8 Å². The average Bonchev–Trinajstić information content (AvgIpc) is 3.00. The SMILES string of the molecule is CC(C)c1nc2sc3c(c2c(=O)n1CC(C)(C)C(=O)O)CCC3. The van der Waals surface area contributed by atoms with Crippen molar-refractivity contribution in [2.24, 2.45) is 5.41 Å². The van der Waals surface area contributed by atoms with Crippen molar-refractivity contribution >= 4 is 27.5 Å². The lowest BCUT2D eigenvalue weighted by Gasteiger charge is -2.23. The minimum absolute atomic E-state index is 0.0636. The molecular formula is C17H22N2O3S. The van der Waals surface area contributed by atoms with Crippen molar-refractivity contribution in [3.8, 4) is 0 Å². The van der Waals surface area contributed by atoms with Gasteiger partial charge < -0.3 is 5.11 Å². The third-order valence-electron chi connectivity index (χ3n) is 4.50. The van der Waals surface area contributed by atoms with Gasteiger partial charge in [0.1, 0.15) is 10.7 Å². The number of thiophene rings is 1. The van der Waals surface area contributed by atoms with E-state index in [1.807, 2.05) is 13.8 Å². The van der Waals surface area contributed by atoms with Gasteiger partial charge in [-0.05, 0) is 38.7 Å². The van der Waals surface area contributed by atoms with Crippen LogP contribution in [0.5, 0.6) is 0 Å². The zero-order valence-corrected chi connectivity index (χ0v) is 14.8. The summed E-state index contributed by atoms with van der Waals surface area (Å²) >= 11 is 1.62. The zero-order chi connectivity index (χ0) is 16.9. The first kappa shape index (κ1) is 16.2. The summed E-state index contributed by atoms with van der Waals surface area (Å²) in [4.78, 5) is 31.4. The van der Waals surface area contributed by atoms with Gasteiger partial charge in [0, 0.05) is 17.3 Å². The van der Waals surface area contributed by atoms with Crippen LogP contribution >= 0.6 is 11.3 Å². The molecule has 0 spiro atoms. The minimum Gasteiger partial charge on any atom is -0.481 e. The van der Waals surface area contributed by atoms with E-state index in [9.17, 15) is 14.7 Å². The van der Waals surface area contributed by atoms with Crippen LogP contribution in [0.15, 0.2) is 4.79 Å². The quantitative estimate of drug-likeness (QED) is 0.932. The highest BCUT2D eigenvalue weighted by molar-refractivity contribution is 7.18. The third kappa shape index (κ3) is 2.59. The molecule has 0 aromatic carbocycles. The lowest BCUT2D eigenvalue weighted by molar-refractivity contribution is -0.147. The standard InChI is InChI=1S/C17H22N2O3S/c1-9(2)13-18-14-12(10-6-5-7-11(10)23-14)15(20)19(13)8-17(3,4)16(21)22/h9H,5-8H2,1-4H3,(H,21,22). The molecule has 23 heavy (non-hydrogen) atoms. The van der Waals surface area contributed by atoms with Crippen molar-refractivity contribution in [1.29, 1.82) is 0 Å². The molecule has 0 amide bonds. The van der Waals surface area contributed by atoms with E-state index in [1.165, 1.54) is 4.88 Å². The molecule has 0 atom stereocenters. The molecule has 0 bridgehead atoms. The molecule has 0 aliphatic heterocycles. The van der Waals surface area contributed by atoms with Gasteiger partial charge in [0.15, 0.2) is 0 Å². The van der Waals surface area contributed by atoms with Crippen LogP contribution in [0.2, 0.25) is 0 Å². The molecule has 6 heteroatoms. The fraction of sp³-hybridized carbons (Fsp3) is 0.588. The molecule has 1 aliphatic carbocycles. The van der Waals surface area contributed by atoms with E-state index in [0.29, 0.717) is 11.2 Å². The van der Waals surface area contributed by atoms with Crippen LogP contribution < -0.4 is 5.56 Å². The normalized spacial score (nSPS) is 14.7. The Labute approximate surface area is 139 Å². The summed E-state index contributed by atoms with van der Waals surface area (Å²) in [6.07, 6.45) is 3.03. The number of carbonyl (C=O) groups is 1. The van der Waals surface area contributed by atoms with Crippen LogP contribution in [0.4, 0.5) is 0 Å². The highest BCUT2D eigenvalue weighted by Gasteiger charge is 2.31. The number of aromatic nitrogens is 2. The lowest BCUT2D eigenvalue weighted by Crippen LogP contribution is -2.36. The van der Waals surface area contributed by atoms with E-state index in [-0.39, 0.29) is 18.0 Å². The van der Waals surface area contributed by atoms with Gasteiger partial charge in [-0.2, -0.15) is 0 Å². The van der Waals surface area contributed by atoms with Gasteiger partial charge in [0.25, 0.3) is 5.56 Å². The topological polar surface area (TPSA) is 72.2 Å². The van der Waals surface area contributed by atoms with E-state index < -0.39 is 11.4 Å². The van der Waals surface area contributed by atoms with E-state index in [0.717, 1.165) is 29.7 Å². The first-order valence-corrected chi connectivity index (χ1v) is 8.82. The highest BCUT2D eigenvalue weighted by atomic mass is 32.1. The maximum Gasteiger partial charge on any atom is 0.310 e. The number of rotatable bonds is 4. The molecule has 0 saturated carbocycles. The highest BCUT2D eigenvalue weighted by Crippen LogP contribution is 2.35. The predicted molar refractivity (Wildman–Crippen MR) is 91.4 cm³/mol. The molecule has 0 unspecified atom stereocenters. The molecule has 2 aromatic rings. The number of aliphatic carboxylic acids is 1. The Morgan fingerprint density at radius 3 is 2.70 bits per heavy atom. The largest absolute Gasteiger partial charge is 0.481 e. The minimum atomic E-state index is -1.01. The van der Waals surface area contributed by atoms with E-state index in [2.05, 4.69) is 0 Å². The zero-order valence-electron chi connectivity index (χ0n) is 14.0.